The molecule has 2 heterocycles. The lowest BCUT2D eigenvalue weighted by Crippen LogP contribution is -2.51. The van der Waals surface area contributed by atoms with Gasteiger partial charge in [-0.1, -0.05) is 0 Å². The Balaban J connectivity index is 1.95. The highest BCUT2D eigenvalue weighted by Gasteiger charge is 2.30. The number of morpholine rings is 1. The van der Waals surface area contributed by atoms with Crippen LogP contribution in [0.25, 0.3) is 0 Å². The Morgan fingerprint density at radius 3 is 3.06 bits per heavy atom. The van der Waals surface area contributed by atoms with Crippen molar-refractivity contribution >= 4 is 28.8 Å². The number of ether oxygens (including phenoxy) is 1. The number of amides is 1. The number of halogens is 1. The van der Waals surface area contributed by atoms with Crippen molar-refractivity contribution in [2.45, 2.75) is 31.7 Å². The number of thiazole rings is 1. The van der Waals surface area contributed by atoms with Crippen molar-refractivity contribution in [2.24, 2.45) is 0 Å². The summed E-state index contributed by atoms with van der Waals surface area (Å²) in [5, 5.41) is 2.73. The Kier molecular flexibility index (Phi) is 4.25. The number of hydrogen-bond acceptors (Lipinski definition) is 4. The molecule has 18 heavy (non-hydrogen) atoms. The van der Waals surface area contributed by atoms with Gasteiger partial charge in [0, 0.05) is 18.5 Å². The fourth-order valence-electron chi connectivity index (χ4n) is 1.96. The van der Waals surface area contributed by atoms with Gasteiger partial charge in [-0.3, -0.25) is 4.79 Å². The molecule has 0 spiro atoms. The highest BCUT2D eigenvalue weighted by atomic mass is 35.5. The molecule has 100 valence electrons. The lowest BCUT2D eigenvalue weighted by atomic mass is 10.1. The van der Waals surface area contributed by atoms with E-state index in [0.717, 1.165) is 10.7 Å². The molecular formula is C12H17ClN2O2S. The van der Waals surface area contributed by atoms with Gasteiger partial charge in [0.05, 0.1) is 30.2 Å². The standard InChI is InChI=1S/C12H17ClN2O2S/c1-12(2)8-15(3-4-17-12)11(16)5-10-14-9(6-13)7-18-10/h7H,3-6,8H2,1-2H3. The van der Waals surface area contributed by atoms with Crippen LogP contribution in [0.3, 0.4) is 0 Å². The predicted molar refractivity (Wildman–Crippen MR) is 72.0 cm³/mol. The summed E-state index contributed by atoms with van der Waals surface area (Å²) in [5.41, 5.74) is 0.588. The van der Waals surface area contributed by atoms with E-state index in [4.69, 9.17) is 16.3 Å². The summed E-state index contributed by atoms with van der Waals surface area (Å²) in [6.45, 7) is 5.90. The van der Waals surface area contributed by atoms with Crippen LogP contribution in [0.1, 0.15) is 24.5 Å². The van der Waals surface area contributed by atoms with E-state index in [0.29, 0.717) is 32.0 Å². The summed E-state index contributed by atoms with van der Waals surface area (Å²) >= 11 is 7.19. The van der Waals surface area contributed by atoms with Gasteiger partial charge in [-0.05, 0) is 13.8 Å². The quantitative estimate of drug-likeness (QED) is 0.800. The van der Waals surface area contributed by atoms with Crippen LogP contribution in [-0.4, -0.2) is 41.1 Å². The van der Waals surface area contributed by atoms with E-state index < -0.39 is 0 Å². The number of alkyl halides is 1. The van der Waals surface area contributed by atoms with E-state index in [1.807, 2.05) is 24.1 Å². The zero-order chi connectivity index (χ0) is 13.2. The zero-order valence-electron chi connectivity index (χ0n) is 10.6. The Bertz CT molecular complexity index is 433. The van der Waals surface area contributed by atoms with Gasteiger partial charge < -0.3 is 9.64 Å². The molecular weight excluding hydrogens is 272 g/mol. The Morgan fingerprint density at radius 2 is 2.44 bits per heavy atom. The zero-order valence-corrected chi connectivity index (χ0v) is 12.2. The maximum absolute atomic E-state index is 12.2. The predicted octanol–water partition coefficient (Wildman–Crippen LogP) is 2.06. The Hall–Kier alpha value is -0.650. The minimum atomic E-state index is -0.252. The molecule has 1 aromatic rings. The molecule has 0 atom stereocenters. The highest BCUT2D eigenvalue weighted by molar-refractivity contribution is 7.09. The smallest absolute Gasteiger partial charge is 0.229 e. The van der Waals surface area contributed by atoms with Gasteiger partial charge >= 0.3 is 0 Å². The summed E-state index contributed by atoms with van der Waals surface area (Å²) in [4.78, 5) is 18.3. The molecule has 0 unspecified atom stereocenters. The largest absolute Gasteiger partial charge is 0.372 e. The summed E-state index contributed by atoms with van der Waals surface area (Å²) < 4.78 is 5.59. The third-order valence-electron chi connectivity index (χ3n) is 2.82. The maximum atomic E-state index is 12.2. The lowest BCUT2D eigenvalue weighted by Gasteiger charge is -2.38. The molecule has 1 saturated heterocycles. The average Bonchev–Trinajstić information content (AvgIpc) is 2.75. The van der Waals surface area contributed by atoms with E-state index in [1.54, 1.807) is 0 Å². The molecule has 0 aliphatic carbocycles. The second-order valence-corrected chi connectivity index (χ2v) is 6.18. The van der Waals surface area contributed by atoms with E-state index in [1.165, 1.54) is 11.3 Å². The second kappa shape index (κ2) is 5.55. The molecule has 0 N–H and O–H groups in total. The molecule has 1 aromatic heterocycles. The van der Waals surface area contributed by atoms with Crippen LogP contribution in [0, 0.1) is 0 Å². The van der Waals surface area contributed by atoms with Crippen LogP contribution >= 0.6 is 22.9 Å². The van der Waals surface area contributed by atoms with E-state index in [9.17, 15) is 4.79 Å². The Morgan fingerprint density at radius 1 is 1.67 bits per heavy atom. The SMILES string of the molecule is CC1(C)CN(C(=O)Cc2nc(CCl)cs2)CCO1. The van der Waals surface area contributed by atoms with Crippen LogP contribution in [0.5, 0.6) is 0 Å². The highest BCUT2D eigenvalue weighted by Crippen LogP contribution is 2.18. The summed E-state index contributed by atoms with van der Waals surface area (Å²) in [6, 6.07) is 0. The van der Waals surface area contributed by atoms with Crippen molar-refractivity contribution in [1.82, 2.24) is 9.88 Å². The van der Waals surface area contributed by atoms with Crippen LogP contribution < -0.4 is 0 Å². The molecule has 4 nitrogen and oxygen atoms in total. The minimum Gasteiger partial charge on any atom is -0.372 e. The number of hydrogen-bond donors (Lipinski definition) is 0. The molecule has 6 heteroatoms. The summed E-state index contributed by atoms with van der Waals surface area (Å²) in [5.74, 6) is 0.511. The van der Waals surface area contributed by atoms with E-state index in [2.05, 4.69) is 4.98 Å². The first-order valence-electron chi connectivity index (χ1n) is 5.91. The molecule has 1 aliphatic rings. The average molecular weight is 289 g/mol. The molecule has 1 aliphatic heterocycles. The Labute approximate surface area is 116 Å². The van der Waals surface area contributed by atoms with Gasteiger partial charge in [-0.25, -0.2) is 4.98 Å². The first-order valence-corrected chi connectivity index (χ1v) is 7.32. The normalized spacial score (nSPS) is 18.9. The minimum absolute atomic E-state index is 0.113. The first-order chi connectivity index (χ1) is 8.50. The van der Waals surface area contributed by atoms with Crippen molar-refractivity contribution in [3.8, 4) is 0 Å². The van der Waals surface area contributed by atoms with E-state index in [-0.39, 0.29) is 11.5 Å². The molecule has 0 radical (unpaired) electrons. The number of carbonyl (C=O) groups excluding carboxylic acids is 1. The number of carbonyl (C=O) groups is 1. The van der Waals surface area contributed by atoms with Crippen LogP contribution in [0.4, 0.5) is 0 Å². The molecule has 1 fully saturated rings. The van der Waals surface area contributed by atoms with Crippen molar-refractivity contribution in [2.75, 3.05) is 19.7 Å². The second-order valence-electron chi connectivity index (χ2n) is 4.97. The number of aromatic nitrogens is 1. The van der Waals surface area contributed by atoms with Gasteiger partial charge in [0.2, 0.25) is 5.91 Å². The van der Waals surface area contributed by atoms with Gasteiger partial charge in [0.15, 0.2) is 0 Å². The van der Waals surface area contributed by atoms with Crippen LogP contribution in [-0.2, 0) is 21.8 Å². The fraction of sp³-hybridized carbons (Fsp3) is 0.667. The van der Waals surface area contributed by atoms with Gasteiger partial charge in [0.25, 0.3) is 0 Å². The van der Waals surface area contributed by atoms with Crippen molar-refractivity contribution in [3.05, 3.63) is 16.1 Å². The van der Waals surface area contributed by atoms with Gasteiger partial charge in [0.1, 0.15) is 5.01 Å². The molecule has 0 saturated carbocycles. The number of nitrogens with zero attached hydrogens (tertiary/aromatic N) is 2. The summed E-state index contributed by atoms with van der Waals surface area (Å²) in [6.07, 6.45) is 0.359. The topological polar surface area (TPSA) is 42.4 Å². The third-order valence-corrected chi connectivity index (χ3v) is 3.99. The monoisotopic (exact) mass is 288 g/mol. The van der Waals surface area contributed by atoms with Crippen LogP contribution in [0.2, 0.25) is 0 Å². The molecule has 0 bridgehead atoms. The molecule has 2 rings (SSSR count). The van der Waals surface area contributed by atoms with Crippen molar-refractivity contribution in [3.63, 3.8) is 0 Å². The van der Waals surface area contributed by atoms with Gasteiger partial charge in [-0.2, -0.15) is 0 Å². The number of rotatable bonds is 3. The molecule has 0 aromatic carbocycles. The first kappa shape index (κ1) is 13.8. The van der Waals surface area contributed by atoms with Crippen molar-refractivity contribution < 1.29 is 9.53 Å². The van der Waals surface area contributed by atoms with Gasteiger partial charge in [-0.15, -0.1) is 22.9 Å². The third kappa shape index (κ3) is 3.43. The van der Waals surface area contributed by atoms with Crippen molar-refractivity contribution in [1.29, 1.82) is 0 Å². The fourth-order valence-corrected chi connectivity index (χ4v) is 2.98. The lowest BCUT2D eigenvalue weighted by molar-refractivity contribution is -0.145. The van der Waals surface area contributed by atoms with E-state index >= 15 is 0 Å². The van der Waals surface area contributed by atoms with Crippen LogP contribution in [0.15, 0.2) is 5.38 Å². The maximum Gasteiger partial charge on any atom is 0.229 e. The molecule has 1 amide bonds. The summed E-state index contributed by atoms with van der Waals surface area (Å²) in [7, 11) is 0.